The predicted molar refractivity (Wildman–Crippen MR) is 218 cm³/mol. The van der Waals surface area contributed by atoms with Crippen LogP contribution in [0.5, 0.6) is 0 Å². The maximum absolute atomic E-state index is 13.7. The summed E-state index contributed by atoms with van der Waals surface area (Å²) in [6.07, 6.45) is 9.43. The second-order valence-corrected chi connectivity index (χ2v) is 16.2. The summed E-state index contributed by atoms with van der Waals surface area (Å²) in [5.74, 6) is 0.242. The summed E-state index contributed by atoms with van der Waals surface area (Å²) in [5.41, 5.74) is 6.17. The first-order chi connectivity index (χ1) is 27.1. The molecule has 14 heteroatoms. The fourth-order valence-corrected chi connectivity index (χ4v) is 9.07. The Kier molecular flexibility index (Phi) is 11.3. The molecule has 2 aliphatic heterocycles. The van der Waals surface area contributed by atoms with Gasteiger partial charge in [0.15, 0.2) is 11.6 Å². The van der Waals surface area contributed by atoms with Crippen LogP contribution >= 0.6 is 23.2 Å². The van der Waals surface area contributed by atoms with Gasteiger partial charge in [-0.05, 0) is 80.8 Å². The molecule has 0 unspecified atom stereocenters. The predicted octanol–water partition coefficient (Wildman–Crippen LogP) is 7.54. The summed E-state index contributed by atoms with van der Waals surface area (Å²) in [5, 5.41) is 27.4. The Morgan fingerprint density at radius 2 is 1.68 bits per heavy atom. The Hall–Kier alpha value is -4.59. The van der Waals surface area contributed by atoms with Crippen LogP contribution in [0.1, 0.15) is 66.1 Å². The zero-order chi connectivity index (χ0) is 38.9. The van der Waals surface area contributed by atoms with Crippen molar-refractivity contribution in [3.05, 3.63) is 93.7 Å². The molecule has 56 heavy (non-hydrogen) atoms. The highest BCUT2D eigenvalue weighted by Crippen LogP contribution is 2.41. The monoisotopic (exact) mass is 796 g/mol. The second-order valence-electron chi connectivity index (χ2n) is 15.4. The number of rotatable bonds is 11. The quantitative estimate of drug-likeness (QED) is 0.106. The van der Waals surface area contributed by atoms with Crippen molar-refractivity contribution in [1.29, 1.82) is 0 Å². The van der Waals surface area contributed by atoms with Crippen LogP contribution < -0.4 is 10.6 Å². The number of nitrogens with zero attached hydrogens (tertiary/aromatic N) is 6. The van der Waals surface area contributed by atoms with Gasteiger partial charge in [0.1, 0.15) is 5.52 Å². The molecular formula is C42H46Cl2N8O4. The Labute approximate surface area is 335 Å². The van der Waals surface area contributed by atoms with Gasteiger partial charge in [0.25, 0.3) is 5.91 Å². The van der Waals surface area contributed by atoms with Gasteiger partial charge in [-0.1, -0.05) is 47.5 Å². The maximum atomic E-state index is 13.7. The van der Waals surface area contributed by atoms with Crippen molar-refractivity contribution in [2.24, 2.45) is 18.9 Å². The summed E-state index contributed by atoms with van der Waals surface area (Å²) in [6.45, 7) is 4.76. The molecule has 2 aromatic carbocycles. The van der Waals surface area contributed by atoms with Gasteiger partial charge >= 0.3 is 5.97 Å². The fourth-order valence-electron chi connectivity index (χ4n) is 8.52. The number of aliphatic carboxylic acids is 1. The Morgan fingerprint density at radius 1 is 0.929 bits per heavy atom. The van der Waals surface area contributed by atoms with E-state index >= 15 is 0 Å². The first kappa shape index (κ1) is 38.3. The van der Waals surface area contributed by atoms with Gasteiger partial charge in [-0.3, -0.25) is 24.4 Å². The fraction of sp³-hybridized carbons (Fsp3) is 0.405. The number of aliphatic hydroxyl groups excluding tert-OH is 1. The van der Waals surface area contributed by atoms with E-state index in [1.165, 1.54) is 0 Å². The second kappa shape index (κ2) is 16.5. The van der Waals surface area contributed by atoms with Crippen molar-refractivity contribution < 1.29 is 19.8 Å². The number of carboxylic acid groups (broad SMARTS) is 1. The van der Waals surface area contributed by atoms with Gasteiger partial charge in [0.2, 0.25) is 0 Å². The number of benzene rings is 2. The highest BCUT2D eigenvalue weighted by atomic mass is 35.5. The number of carboxylic acids is 1. The average Bonchev–Trinajstić information content (AvgIpc) is 3.76. The number of aromatic nitrogens is 4. The minimum absolute atomic E-state index is 0.194. The number of imidazole rings is 1. The van der Waals surface area contributed by atoms with E-state index in [-0.39, 0.29) is 17.9 Å². The van der Waals surface area contributed by atoms with Crippen molar-refractivity contribution in [3.63, 3.8) is 0 Å². The van der Waals surface area contributed by atoms with Crippen LogP contribution in [0.4, 0.5) is 17.2 Å². The third-order valence-electron chi connectivity index (χ3n) is 11.7. The first-order valence-corrected chi connectivity index (χ1v) is 20.2. The molecule has 1 saturated carbocycles. The molecule has 8 rings (SSSR count). The number of β-amino-alcohol motifs (C(OH)–C–C–N with tert-alkyl or cyclic N) is 1. The molecule has 4 N–H and O–H groups in total. The molecule has 3 aromatic heterocycles. The van der Waals surface area contributed by atoms with Gasteiger partial charge < -0.3 is 25.4 Å². The molecule has 3 aliphatic rings. The Balaban J connectivity index is 0.941. The zero-order valence-electron chi connectivity index (χ0n) is 31.3. The van der Waals surface area contributed by atoms with Gasteiger partial charge in [0.05, 0.1) is 39.1 Å². The first-order valence-electron chi connectivity index (χ1n) is 19.4. The van der Waals surface area contributed by atoms with Crippen LogP contribution in [-0.2, 0) is 31.4 Å². The number of amides is 1. The van der Waals surface area contributed by atoms with E-state index in [1.54, 1.807) is 12.3 Å². The number of hydrogen-bond acceptors (Lipinski definition) is 9. The largest absolute Gasteiger partial charge is 0.481 e. The van der Waals surface area contributed by atoms with Crippen molar-refractivity contribution in [2.45, 2.75) is 64.1 Å². The number of likely N-dealkylation sites (tertiary alicyclic amines) is 1. The van der Waals surface area contributed by atoms with E-state index in [2.05, 4.69) is 31.5 Å². The lowest BCUT2D eigenvalue weighted by molar-refractivity contribution is -0.143. The lowest BCUT2D eigenvalue weighted by Gasteiger charge is -2.30. The molecule has 1 amide bonds. The van der Waals surface area contributed by atoms with Gasteiger partial charge in [0, 0.05) is 80.8 Å². The van der Waals surface area contributed by atoms with Gasteiger partial charge in [-0.25, -0.2) is 9.97 Å². The van der Waals surface area contributed by atoms with E-state index in [0.29, 0.717) is 68.7 Å². The topological polar surface area (TPSA) is 149 Å². The lowest BCUT2D eigenvalue weighted by atomic mass is 9.80. The van der Waals surface area contributed by atoms with Crippen LogP contribution in [0.25, 0.3) is 22.0 Å². The summed E-state index contributed by atoms with van der Waals surface area (Å²) in [6, 6.07) is 15.1. The molecule has 5 heterocycles. The lowest BCUT2D eigenvalue weighted by Crippen LogP contribution is -2.33. The molecule has 0 spiro atoms. The molecule has 292 valence electrons. The molecule has 1 saturated heterocycles. The van der Waals surface area contributed by atoms with Crippen LogP contribution in [-0.4, -0.2) is 83.7 Å². The van der Waals surface area contributed by atoms with E-state index in [1.807, 2.05) is 54.2 Å². The third-order valence-corrected chi connectivity index (χ3v) is 12.5. The van der Waals surface area contributed by atoms with E-state index < -0.39 is 5.97 Å². The third kappa shape index (κ3) is 8.12. The number of anilines is 3. The van der Waals surface area contributed by atoms with Gasteiger partial charge in [-0.2, -0.15) is 0 Å². The minimum atomic E-state index is -0.667. The van der Waals surface area contributed by atoms with E-state index in [4.69, 9.17) is 33.2 Å². The number of halogens is 2. The number of carbonyl (C=O) groups is 2. The number of aliphatic hydroxyl groups is 1. The van der Waals surface area contributed by atoms with Crippen molar-refractivity contribution in [2.75, 3.05) is 36.8 Å². The smallest absolute Gasteiger partial charge is 0.306 e. The maximum Gasteiger partial charge on any atom is 0.306 e. The zero-order valence-corrected chi connectivity index (χ0v) is 32.9. The summed E-state index contributed by atoms with van der Waals surface area (Å²) >= 11 is 14.1. The Bertz CT molecular complexity index is 2270. The molecule has 1 atom stereocenters. The van der Waals surface area contributed by atoms with Crippen molar-refractivity contribution >= 4 is 63.2 Å². The van der Waals surface area contributed by atoms with Crippen molar-refractivity contribution in [1.82, 2.24) is 29.3 Å². The van der Waals surface area contributed by atoms with Crippen LogP contribution in [0.2, 0.25) is 10.0 Å². The average molecular weight is 798 g/mol. The standard InChI is InChI=1S/C42H46Cl2N8O4/c1-50-35-15-19-51(17-13-25-8-10-27(11-9-25)42(55)56)24-34(35)48-40(50)41(54)49-33-7-3-5-31(37(33)44)30-4-2-6-32(36(30)43)47-39-38-28(12-16-45-39)20-26(21-46-38)22-52-18-14-29(53)23-52/h2-7,12,16,20-21,25,27,29,53H,8-11,13-15,17-19,22-24H2,1H3,(H,45,47)(H,49,54)(H,55,56)/t25?,27?,29-/m1/s1. The minimum Gasteiger partial charge on any atom is -0.481 e. The number of nitrogens with one attached hydrogen (secondary N) is 2. The Morgan fingerprint density at radius 3 is 2.41 bits per heavy atom. The number of hydrogen-bond donors (Lipinski definition) is 4. The molecule has 0 bridgehead atoms. The van der Waals surface area contributed by atoms with Crippen molar-refractivity contribution in [3.8, 4) is 11.1 Å². The SMILES string of the molecule is Cn1c(C(=O)Nc2cccc(-c3cccc(Nc4nccc5cc(CN6CC[C@@H](O)C6)cnc45)c3Cl)c2Cl)nc2c1CCN(CCC1CCC(C(=O)O)CC1)C2. The number of fused-ring (bicyclic) bond motifs is 2. The van der Waals surface area contributed by atoms with Crippen LogP contribution in [0, 0.1) is 11.8 Å². The summed E-state index contributed by atoms with van der Waals surface area (Å²) < 4.78 is 1.88. The highest BCUT2D eigenvalue weighted by Gasteiger charge is 2.29. The van der Waals surface area contributed by atoms with E-state index in [9.17, 15) is 19.8 Å². The highest BCUT2D eigenvalue weighted by molar-refractivity contribution is 6.39. The van der Waals surface area contributed by atoms with Crippen LogP contribution in [0.15, 0.2) is 60.9 Å². The van der Waals surface area contributed by atoms with Crippen LogP contribution in [0.3, 0.4) is 0 Å². The molecular weight excluding hydrogens is 751 g/mol. The van der Waals surface area contributed by atoms with Gasteiger partial charge in [-0.15, -0.1) is 0 Å². The molecule has 2 fully saturated rings. The molecule has 1 aliphatic carbocycles. The molecule has 12 nitrogen and oxygen atoms in total. The summed E-state index contributed by atoms with van der Waals surface area (Å²) in [7, 11) is 1.88. The molecule has 5 aromatic rings. The number of pyridine rings is 2. The number of carbonyl (C=O) groups excluding carboxylic acids is 1. The normalized spacial score (nSPS) is 20.2. The van der Waals surface area contributed by atoms with E-state index in [0.717, 1.165) is 93.5 Å². The molecule has 0 radical (unpaired) electrons. The summed E-state index contributed by atoms with van der Waals surface area (Å²) in [4.78, 5) is 43.8.